The lowest BCUT2D eigenvalue weighted by molar-refractivity contribution is -0.282. The molecule has 39 nitrogen and oxygen atoms in total. The molecule has 0 radical (unpaired) electrons. The molecule has 0 aromatic heterocycles. The molecule has 3 fully saturated rings. The minimum Gasteiger partial charge on any atom is -0.396 e. The molecule has 1 saturated carbocycles. The zero-order valence-electron chi connectivity index (χ0n) is 65.3. The number of aliphatic hydroxyl groups is 10. The molecule has 2 saturated heterocycles. The summed E-state index contributed by atoms with van der Waals surface area (Å²) in [4.78, 5) is 54.1. The smallest absolute Gasteiger partial charge is 0.396 e. The molecule has 2 heterocycles. The van der Waals surface area contributed by atoms with Crippen LogP contribution in [0.25, 0.3) is 0 Å². The Balaban J connectivity index is 1.61. The quantitative estimate of drug-likeness (QED) is 0.0307. The van der Waals surface area contributed by atoms with Gasteiger partial charge in [-0.3, -0.25) is 41.0 Å². The second-order valence-electron chi connectivity index (χ2n) is 28.4. The second-order valence-corrected chi connectivity index (χ2v) is 34.2. The topological polar surface area (TPSA) is 556 Å². The first-order chi connectivity index (χ1) is 52.8. The van der Waals surface area contributed by atoms with Crippen LogP contribution >= 0.6 is 31.3 Å². The lowest BCUT2D eigenvalue weighted by Gasteiger charge is -2.42. The van der Waals surface area contributed by atoms with Crippen LogP contribution in [0, 0.1) is 29.1 Å². The van der Waals surface area contributed by atoms with Crippen LogP contribution < -0.4 is 5.32 Å². The van der Waals surface area contributed by atoms with Gasteiger partial charge in [0.25, 0.3) is 0 Å². The molecule has 111 heavy (non-hydrogen) atoms. The Hall–Kier alpha value is -0.930. The number of hydrogen-bond acceptors (Lipinski definition) is 34. The van der Waals surface area contributed by atoms with Gasteiger partial charge in [0.2, 0.25) is 5.91 Å². The van der Waals surface area contributed by atoms with Gasteiger partial charge in [0.05, 0.1) is 142 Å². The Morgan fingerprint density at radius 3 is 1.18 bits per heavy atom. The first-order valence-corrected chi connectivity index (χ1v) is 44.8. The Morgan fingerprint density at radius 2 is 0.775 bits per heavy atom. The van der Waals surface area contributed by atoms with E-state index in [-0.39, 0.29) is 182 Å². The molecule has 43 heteroatoms. The molecule has 0 aromatic carbocycles. The molecule has 3 aliphatic rings. The molecule has 12 unspecified atom stereocenters. The maximum Gasteiger partial charge on any atom is 0.472 e. The Morgan fingerprint density at radius 1 is 0.414 bits per heavy atom. The number of carbonyl (C=O) groups is 1. The number of phosphoric acid groups is 4. The van der Waals surface area contributed by atoms with Crippen LogP contribution in [-0.4, -0.2) is 328 Å². The first-order valence-electron chi connectivity index (χ1n) is 38.8. The van der Waals surface area contributed by atoms with E-state index in [1.54, 1.807) is 13.8 Å². The van der Waals surface area contributed by atoms with Crippen LogP contribution in [0.5, 0.6) is 0 Å². The number of phosphoric ester groups is 4. The lowest BCUT2D eigenvalue weighted by atomic mass is 9.77. The molecule has 0 aromatic rings. The lowest BCUT2D eigenvalue weighted by Crippen LogP contribution is -2.64. The summed E-state index contributed by atoms with van der Waals surface area (Å²) in [5.74, 6) is -2.19. The molecule has 21 atom stereocenters. The summed E-state index contributed by atoms with van der Waals surface area (Å²) in [6, 6.07) is -1.10. The van der Waals surface area contributed by atoms with Crippen molar-refractivity contribution in [3.63, 3.8) is 0 Å². The van der Waals surface area contributed by atoms with Crippen molar-refractivity contribution in [2.75, 3.05) is 172 Å². The van der Waals surface area contributed by atoms with Gasteiger partial charge in [0.1, 0.15) is 36.6 Å². The van der Waals surface area contributed by atoms with Crippen LogP contribution in [0.4, 0.5) is 0 Å². The molecule has 0 spiro atoms. The number of aliphatic hydroxyl groups excluding tert-OH is 10. The van der Waals surface area contributed by atoms with Gasteiger partial charge in [-0.15, -0.1) is 0 Å². The van der Waals surface area contributed by atoms with Gasteiger partial charge in [-0.25, -0.2) is 18.3 Å². The van der Waals surface area contributed by atoms with E-state index in [9.17, 15) is 93.7 Å². The van der Waals surface area contributed by atoms with Gasteiger partial charge in [-0.05, 0) is 90.9 Å². The van der Waals surface area contributed by atoms with E-state index in [1.807, 2.05) is 13.8 Å². The van der Waals surface area contributed by atoms with E-state index >= 15 is 0 Å². The average molecular weight is 1700 g/mol. The van der Waals surface area contributed by atoms with Crippen molar-refractivity contribution in [2.24, 2.45) is 29.1 Å². The SMILES string of the molecule is CC(=O)NC1[C@H](OCCCCCCOP(=O)(O)OCCCOCC(COCCCOP(=O)(O)OCCCCCCO[C@@H]2OC(CO)[C@H](O)[C@H](O)C2C)(COCCCOP(=O)(O)OCCCCCCO[C@@H]2CC(CO)[C@H](O)[C@H](O)C2C)COP(=O)(O)OCCCOCC(CO)COCCCOC(C)C)OC(CO)[C@H](O)[C@@H]1O. The standard InChI is InChI=1S/C68H135NO38P4/c1-50(2)94-31-18-23-89-44-54(40-70)45-90-24-19-35-104-111(87,88)105-49-68(46-91-25-20-36-101-108(81,82)98-32-15-9-6-12-28-95-56-39-55(41-71)62(77)60(75)51(56)3,47-92-26-21-37-102-109(83,84)99-33-16-10-7-13-29-96-66-52(4)61(76)63(78)57(42-72)106-66)48-93-27-22-38-103-110(85,86)100-34-17-11-8-14-30-97-67-59(69-53(5)74)65(80)64(79)58(43-73)107-67/h50-52,54-67,70-73,75-80H,6-49H2,1-5H3,(H,69,74)(H,81,82)(H,83,84)(H,85,86)(H,87,88)/t51?,52?,54?,55?,56-,57?,58?,59?,60-,61-,62+,63+,64+,65-,66-,67-,68?/m1/s1. The number of nitrogens with one attached hydrogen (secondary N) is 1. The van der Waals surface area contributed by atoms with Gasteiger partial charge in [0, 0.05) is 96.7 Å². The summed E-state index contributed by atoms with van der Waals surface area (Å²) in [5, 5.41) is 103. The number of ether oxygens (including phenoxy) is 11. The molecule has 1 amide bonds. The van der Waals surface area contributed by atoms with Crippen LogP contribution in [0.2, 0.25) is 0 Å². The Bertz CT molecular complexity index is 2480. The summed E-state index contributed by atoms with van der Waals surface area (Å²) < 4.78 is 158. The van der Waals surface area contributed by atoms with Crippen molar-refractivity contribution >= 4 is 37.2 Å². The molecule has 1 aliphatic carbocycles. The maximum atomic E-state index is 13.6. The van der Waals surface area contributed by atoms with Crippen LogP contribution in [0.1, 0.15) is 150 Å². The van der Waals surface area contributed by atoms with E-state index in [4.69, 9.17) is 88.3 Å². The highest BCUT2D eigenvalue weighted by Crippen LogP contribution is 2.47. The minimum atomic E-state index is -4.88. The van der Waals surface area contributed by atoms with Crippen molar-refractivity contribution in [1.29, 1.82) is 0 Å². The van der Waals surface area contributed by atoms with Crippen LogP contribution in [0.3, 0.4) is 0 Å². The van der Waals surface area contributed by atoms with Crippen LogP contribution in [-0.2, 0) is 111 Å². The highest BCUT2D eigenvalue weighted by molar-refractivity contribution is 7.48. The fourth-order valence-corrected chi connectivity index (χ4v) is 15.0. The van der Waals surface area contributed by atoms with Crippen molar-refractivity contribution in [1.82, 2.24) is 5.32 Å². The van der Waals surface area contributed by atoms with Crippen molar-refractivity contribution in [3.05, 3.63) is 0 Å². The Labute approximate surface area is 652 Å². The average Bonchev–Trinajstić information content (AvgIpc) is 0.840. The number of hydrogen-bond donors (Lipinski definition) is 15. The minimum absolute atomic E-state index is 0.0123. The molecule has 3 rings (SSSR count). The monoisotopic (exact) mass is 1700 g/mol. The molecule has 660 valence electrons. The third-order valence-corrected chi connectivity index (χ3v) is 22.3. The van der Waals surface area contributed by atoms with Gasteiger partial charge in [0.15, 0.2) is 12.6 Å². The first kappa shape index (κ1) is 104. The number of amides is 1. The molecule has 2 aliphatic heterocycles. The summed E-state index contributed by atoms with van der Waals surface area (Å²) >= 11 is 0. The van der Waals surface area contributed by atoms with Gasteiger partial charge in [-0.1, -0.05) is 52.4 Å². The normalized spacial score (nSPS) is 27.6. The van der Waals surface area contributed by atoms with E-state index < -0.39 is 142 Å². The van der Waals surface area contributed by atoms with Gasteiger partial charge in [-0.2, -0.15) is 0 Å². The third kappa shape index (κ3) is 45.3. The number of unbranched alkanes of at least 4 members (excludes halogenated alkanes) is 9. The van der Waals surface area contributed by atoms with Crippen molar-refractivity contribution in [2.45, 2.75) is 230 Å². The number of carbonyl (C=O) groups excluding carboxylic acids is 1. The van der Waals surface area contributed by atoms with E-state index in [0.717, 1.165) is 0 Å². The summed E-state index contributed by atoms with van der Waals surface area (Å²) in [7, 11) is -18.5. The maximum absolute atomic E-state index is 13.6. The third-order valence-electron chi connectivity index (χ3n) is 18.3. The Kier molecular flexibility index (Phi) is 55.3. The predicted octanol–water partition coefficient (Wildman–Crippen LogP) is 3.06. The molecule has 15 N–H and O–H groups in total. The zero-order valence-corrected chi connectivity index (χ0v) is 68.9. The zero-order chi connectivity index (χ0) is 82.1. The summed E-state index contributed by atoms with van der Waals surface area (Å²) in [6.45, 7) is 5.44. The molecular formula is C68H135NO38P4. The van der Waals surface area contributed by atoms with E-state index in [0.29, 0.717) is 110 Å². The van der Waals surface area contributed by atoms with Gasteiger partial charge < -0.3 is 128 Å². The summed E-state index contributed by atoms with van der Waals surface area (Å²) in [6.07, 6.45) is -3.95. The van der Waals surface area contributed by atoms with Crippen LogP contribution in [0.15, 0.2) is 0 Å². The largest absolute Gasteiger partial charge is 0.472 e. The van der Waals surface area contributed by atoms with Crippen molar-refractivity contribution < 1.29 is 182 Å². The van der Waals surface area contributed by atoms with Crippen molar-refractivity contribution in [3.8, 4) is 0 Å². The van der Waals surface area contributed by atoms with E-state index in [2.05, 4.69) is 5.32 Å². The van der Waals surface area contributed by atoms with Gasteiger partial charge >= 0.3 is 31.3 Å². The second kappa shape index (κ2) is 58.9. The fourth-order valence-electron chi connectivity index (χ4n) is 11.7. The highest BCUT2D eigenvalue weighted by atomic mass is 31.2. The summed E-state index contributed by atoms with van der Waals surface area (Å²) in [5.41, 5.74) is -1.48. The van der Waals surface area contributed by atoms with E-state index in [1.165, 1.54) is 6.92 Å². The highest BCUT2D eigenvalue weighted by Gasteiger charge is 2.47. The number of rotatable bonds is 70. The molecule has 0 bridgehead atoms. The predicted molar refractivity (Wildman–Crippen MR) is 394 cm³/mol. The fraction of sp³-hybridized carbons (Fsp3) is 0.985. The molecular weight excluding hydrogens is 1560 g/mol.